The van der Waals surface area contributed by atoms with Gasteiger partial charge in [-0.1, -0.05) is 17.3 Å². The molecule has 0 bridgehead atoms. The van der Waals surface area contributed by atoms with Crippen molar-refractivity contribution in [3.8, 4) is 5.75 Å². The smallest absolute Gasteiger partial charge is 0.226 e. The van der Waals surface area contributed by atoms with Crippen molar-refractivity contribution >= 4 is 29.9 Å². The van der Waals surface area contributed by atoms with Crippen molar-refractivity contribution in [2.24, 2.45) is 4.99 Å². The van der Waals surface area contributed by atoms with Crippen LogP contribution in [0.1, 0.15) is 42.6 Å². The molecule has 1 unspecified atom stereocenters. The Labute approximate surface area is 195 Å². The van der Waals surface area contributed by atoms with Crippen LogP contribution in [0.5, 0.6) is 5.75 Å². The van der Waals surface area contributed by atoms with Gasteiger partial charge >= 0.3 is 0 Å². The summed E-state index contributed by atoms with van der Waals surface area (Å²) in [5, 5.41) is 10.5. The first-order chi connectivity index (χ1) is 14.1. The third-order valence-corrected chi connectivity index (χ3v) is 4.59. The Balaban J connectivity index is 0.00000320. The summed E-state index contributed by atoms with van der Waals surface area (Å²) in [6, 6.07) is 6.26. The number of nitrogens with one attached hydrogen (secondary N) is 2. The summed E-state index contributed by atoms with van der Waals surface area (Å²) < 4.78 is 16.7. The molecule has 1 aromatic carbocycles. The number of ether oxygens (including phenoxy) is 2. The van der Waals surface area contributed by atoms with E-state index >= 15 is 0 Å². The lowest BCUT2D eigenvalue weighted by molar-refractivity contribution is 0.140. The SMILES string of the molecule is CCNC(=NCc1ccc(C)cc1OC1CCOC1)NCCCc1nc(C)no1.I. The van der Waals surface area contributed by atoms with E-state index in [1.54, 1.807) is 0 Å². The molecule has 30 heavy (non-hydrogen) atoms. The minimum Gasteiger partial charge on any atom is -0.488 e. The van der Waals surface area contributed by atoms with Gasteiger partial charge in [-0.25, -0.2) is 4.99 Å². The standard InChI is InChI=1S/C21H31N5O3.HI/c1-4-22-21(23-10-5-6-20-25-16(3)26-29-20)24-13-17-8-7-15(2)12-19(17)28-18-9-11-27-14-18;/h7-8,12,18H,4-6,9-11,13-14H2,1-3H3,(H2,22,23,24);1H. The maximum Gasteiger partial charge on any atom is 0.226 e. The minimum absolute atomic E-state index is 0. The molecule has 1 fully saturated rings. The largest absolute Gasteiger partial charge is 0.488 e. The van der Waals surface area contributed by atoms with Crippen molar-refractivity contribution in [3.63, 3.8) is 0 Å². The zero-order chi connectivity index (χ0) is 20.5. The Morgan fingerprint density at radius 2 is 2.17 bits per heavy atom. The summed E-state index contributed by atoms with van der Waals surface area (Å²) in [5.41, 5.74) is 2.24. The molecule has 1 aromatic heterocycles. The molecule has 0 spiro atoms. The first-order valence-corrected chi connectivity index (χ1v) is 10.3. The molecule has 3 rings (SSSR count). The Bertz CT molecular complexity index is 806. The fourth-order valence-electron chi connectivity index (χ4n) is 3.08. The highest BCUT2D eigenvalue weighted by atomic mass is 127. The fraction of sp³-hybridized carbons (Fsp3) is 0.571. The van der Waals surface area contributed by atoms with Crippen LogP contribution >= 0.6 is 24.0 Å². The number of aromatic nitrogens is 2. The van der Waals surface area contributed by atoms with Gasteiger partial charge in [0.2, 0.25) is 5.89 Å². The summed E-state index contributed by atoms with van der Waals surface area (Å²) in [5.74, 6) is 3.02. The number of halogens is 1. The van der Waals surface area contributed by atoms with E-state index in [1.807, 2.05) is 6.92 Å². The lowest BCUT2D eigenvalue weighted by Crippen LogP contribution is -2.37. The second-order valence-corrected chi connectivity index (χ2v) is 7.18. The van der Waals surface area contributed by atoms with Crippen molar-refractivity contribution < 1.29 is 14.0 Å². The van der Waals surface area contributed by atoms with E-state index in [0.717, 1.165) is 56.2 Å². The Hall–Kier alpha value is -1.88. The van der Waals surface area contributed by atoms with Crippen LogP contribution in [0.4, 0.5) is 0 Å². The van der Waals surface area contributed by atoms with Gasteiger partial charge in [-0.3, -0.25) is 0 Å². The maximum atomic E-state index is 6.17. The Morgan fingerprint density at radius 3 is 2.87 bits per heavy atom. The van der Waals surface area contributed by atoms with Crippen molar-refractivity contribution in [2.45, 2.75) is 52.7 Å². The van der Waals surface area contributed by atoms with Crippen LogP contribution in [0.15, 0.2) is 27.7 Å². The number of nitrogens with zero attached hydrogens (tertiary/aromatic N) is 3. The second-order valence-electron chi connectivity index (χ2n) is 7.18. The van der Waals surface area contributed by atoms with Gasteiger partial charge in [0, 0.05) is 31.5 Å². The van der Waals surface area contributed by atoms with Gasteiger partial charge in [0.25, 0.3) is 0 Å². The lowest BCUT2D eigenvalue weighted by atomic mass is 10.1. The molecule has 1 aliphatic rings. The third-order valence-electron chi connectivity index (χ3n) is 4.59. The molecule has 2 N–H and O–H groups in total. The van der Waals surface area contributed by atoms with Crippen LogP contribution < -0.4 is 15.4 Å². The highest BCUT2D eigenvalue weighted by Crippen LogP contribution is 2.24. The van der Waals surface area contributed by atoms with Crippen molar-refractivity contribution in [2.75, 3.05) is 26.3 Å². The van der Waals surface area contributed by atoms with Gasteiger partial charge in [-0.2, -0.15) is 4.98 Å². The molecule has 9 heteroatoms. The monoisotopic (exact) mass is 529 g/mol. The van der Waals surface area contributed by atoms with E-state index in [9.17, 15) is 0 Å². The van der Waals surface area contributed by atoms with E-state index in [0.29, 0.717) is 24.9 Å². The van der Waals surface area contributed by atoms with E-state index in [1.165, 1.54) is 5.56 Å². The van der Waals surface area contributed by atoms with E-state index in [4.69, 9.17) is 19.0 Å². The fourth-order valence-corrected chi connectivity index (χ4v) is 3.08. The van der Waals surface area contributed by atoms with Crippen LogP contribution in [-0.2, 0) is 17.7 Å². The lowest BCUT2D eigenvalue weighted by Gasteiger charge is -2.16. The summed E-state index contributed by atoms with van der Waals surface area (Å²) in [6.07, 6.45) is 2.68. The molecule has 8 nitrogen and oxygen atoms in total. The van der Waals surface area contributed by atoms with Crippen LogP contribution in [-0.4, -0.2) is 48.5 Å². The molecular weight excluding hydrogens is 497 g/mol. The maximum absolute atomic E-state index is 6.17. The first kappa shape index (κ1) is 24.4. The van der Waals surface area contributed by atoms with E-state index in [-0.39, 0.29) is 30.1 Å². The number of aliphatic imine (C=N–C) groups is 1. The Kier molecular flexibility index (Phi) is 10.4. The summed E-state index contributed by atoms with van der Waals surface area (Å²) >= 11 is 0. The van der Waals surface area contributed by atoms with Crippen LogP contribution in [0, 0.1) is 13.8 Å². The molecule has 0 amide bonds. The molecule has 1 atom stereocenters. The molecule has 1 saturated heterocycles. The number of hydrogen-bond donors (Lipinski definition) is 2. The predicted octanol–water partition coefficient (Wildman–Crippen LogP) is 3.16. The second kappa shape index (κ2) is 12.7. The molecule has 1 aliphatic heterocycles. The Morgan fingerprint density at radius 1 is 1.30 bits per heavy atom. The van der Waals surface area contributed by atoms with Gasteiger partial charge in [0.1, 0.15) is 11.9 Å². The average molecular weight is 529 g/mol. The zero-order valence-corrected chi connectivity index (χ0v) is 20.3. The summed E-state index contributed by atoms with van der Waals surface area (Å²) in [7, 11) is 0. The summed E-state index contributed by atoms with van der Waals surface area (Å²) in [6.45, 7) is 9.48. The summed E-state index contributed by atoms with van der Waals surface area (Å²) in [4.78, 5) is 8.95. The first-order valence-electron chi connectivity index (χ1n) is 10.3. The number of rotatable bonds is 9. The minimum atomic E-state index is 0. The van der Waals surface area contributed by atoms with Gasteiger partial charge in [-0.15, -0.1) is 24.0 Å². The topological polar surface area (TPSA) is 93.8 Å². The molecule has 0 aliphatic carbocycles. The normalized spacial score (nSPS) is 16.2. The van der Waals surface area contributed by atoms with E-state index in [2.05, 4.69) is 52.8 Å². The number of hydrogen-bond acceptors (Lipinski definition) is 6. The molecule has 0 radical (unpaired) electrons. The zero-order valence-electron chi connectivity index (χ0n) is 17.9. The number of guanidine groups is 1. The van der Waals surface area contributed by atoms with Gasteiger partial charge in [-0.05, 0) is 38.8 Å². The number of benzene rings is 1. The molecule has 2 heterocycles. The average Bonchev–Trinajstić information content (AvgIpc) is 3.36. The van der Waals surface area contributed by atoms with Crippen LogP contribution in [0.2, 0.25) is 0 Å². The van der Waals surface area contributed by atoms with Crippen molar-refractivity contribution in [3.05, 3.63) is 41.0 Å². The highest BCUT2D eigenvalue weighted by molar-refractivity contribution is 14.0. The van der Waals surface area contributed by atoms with Crippen LogP contribution in [0.3, 0.4) is 0 Å². The van der Waals surface area contributed by atoms with Gasteiger partial charge < -0.3 is 24.6 Å². The third kappa shape index (κ3) is 7.75. The highest BCUT2D eigenvalue weighted by Gasteiger charge is 2.18. The van der Waals surface area contributed by atoms with Crippen molar-refractivity contribution in [1.29, 1.82) is 0 Å². The molecular formula is C21H32IN5O3. The van der Waals surface area contributed by atoms with Gasteiger partial charge in [0.05, 0.1) is 19.8 Å². The van der Waals surface area contributed by atoms with E-state index < -0.39 is 0 Å². The predicted molar refractivity (Wildman–Crippen MR) is 127 cm³/mol. The molecule has 0 saturated carbocycles. The molecule has 166 valence electrons. The van der Waals surface area contributed by atoms with Crippen molar-refractivity contribution in [1.82, 2.24) is 20.8 Å². The van der Waals surface area contributed by atoms with Crippen LogP contribution in [0.25, 0.3) is 0 Å². The quantitative estimate of drug-likeness (QED) is 0.223. The molecule has 2 aromatic rings. The number of aryl methyl sites for hydroxylation is 3. The van der Waals surface area contributed by atoms with Gasteiger partial charge in [0.15, 0.2) is 11.8 Å².